The molecule has 88 valence electrons. The van der Waals surface area contributed by atoms with Crippen LogP contribution >= 0.6 is 0 Å². The van der Waals surface area contributed by atoms with Gasteiger partial charge in [-0.3, -0.25) is 4.84 Å². The molecule has 0 aliphatic rings. The first-order chi connectivity index (χ1) is 8.83. The molecule has 0 bridgehead atoms. The van der Waals surface area contributed by atoms with Crippen LogP contribution in [-0.2, 0) is 0 Å². The molecule has 18 heavy (non-hydrogen) atoms. The summed E-state index contributed by atoms with van der Waals surface area (Å²) in [5, 5.41) is 8.08. The highest BCUT2D eigenvalue weighted by Gasteiger charge is 2.10. The van der Waals surface area contributed by atoms with Crippen LogP contribution in [0.2, 0.25) is 0 Å². The van der Waals surface area contributed by atoms with Gasteiger partial charge in [-0.25, -0.2) is 4.79 Å². The van der Waals surface area contributed by atoms with E-state index in [0.717, 1.165) is 4.96 Å². The maximum absolute atomic E-state index is 11.8. The first-order valence-electron chi connectivity index (χ1n) is 5.43. The Kier molecular flexibility index (Phi) is 2.49. The molecule has 1 heterocycles. The summed E-state index contributed by atoms with van der Waals surface area (Å²) < 4.78 is 0. The predicted octanol–water partition coefficient (Wildman–Crippen LogP) is 1.70. The summed E-state index contributed by atoms with van der Waals surface area (Å²) in [6.07, 6.45) is 0. The fraction of sp³-hybridized carbons (Fsp3) is 0. The molecular formula is C13H9N3O2. The third-order valence-electron chi connectivity index (χ3n) is 2.44. The van der Waals surface area contributed by atoms with Gasteiger partial charge in [0, 0.05) is 4.96 Å². The molecule has 3 rings (SSSR count). The van der Waals surface area contributed by atoms with Crippen molar-refractivity contribution >= 4 is 17.0 Å². The monoisotopic (exact) mass is 239 g/mol. The number of carbonyl (C=O) groups is 1. The Hall–Kier alpha value is -2.69. The van der Waals surface area contributed by atoms with E-state index in [9.17, 15) is 4.79 Å². The zero-order valence-electron chi connectivity index (χ0n) is 9.35. The number of carbonyl (C=O) groups excluding carboxylic acids is 1. The molecule has 0 radical (unpaired) electrons. The van der Waals surface area contributed by atoms with E-state index in [2.05, 4.69) is 10.2 Å². The molecule has 0 N–H and O–H groups in total. The Morgan fingerprint density at radius 3 is 2.06 bits per heavy atom. The lowest BCUT2D eigenvalue weighted by molar-refractivity contribution is 0.0314. The van der Waals surface area contributed by atoms with E-state index in [0.29, 0.717) is 16.6 Å². The molecule has 0 aliphatic heterocycles. The van der Waals surface area contributed by atoms with Gasteiger partial charge in [0.1, 0.15) is 11.0 Å². The van der Waals surface area contributed by atoms with Crippen molar-refractivity contribution in [2.45, 2.75) is 0 Å². The topological polar surface area (TPSA) is 57.0 Å². The summed E-state index contributed by atoms with van der Waals surface area (Å²) >= 11 is 0. The largest absolute Gasteiger partial charge is 0.367 e. The molecule has 1 aromatic heterocycles. The Morgan fingerprint density at radius 2 is 1.44 bits per heavy atom. The van der Waals surface area contributed by atoms with E-state index < -0.39 is 5.97 Å². The van der Waals surface area contributed by atoms with Crippen LogP contribution in [0.15, 0.2) is 54.6 Å². The highest BCUT2D eigenvalue weighted by molar-refractivity contribution is 5.89. The van der Waals surface area contributed by atoms with Crippen LogP contribution < -0.4 is 4.84 Å². The van der Waals surface area contributed by atoms with Crippen LogP contribution in [-0.4, -0.2) is 21.1 Å². The first kappa shape index (κ1) is 10.5. The Bertz CT molecular complexity index is 659. The van der Waals surface area contributed by atoms with Crippen molar-refractivity contribution in [2.24, 2.45) is 0 Å². The van der Waals surface area contributed by atoms with E-state index in [1.807, 2.05) is 18.2 Å². The van der Waals surface area contributed by atoms with Gasteiger partial charge in [0.2, 0.25) is 0 Å². The van der Waals surface area contributed by atoms with Crippen molar-refractivity contribution in [3.8, 4) is 0 Å². The summed E-state index contributed by atoms with van der Waals surface area (Å²) in [5.74, 6) is -0.490. The van der Waals surface area contributed by atoms with Gasteiger partial charge in [0.25, 0.3) is 0 Å². The zero-order chi connectivity index (χ0) is 12.4. The molecule has 0 aliphatic carbocycles. The molecule has 0 saturated heterocycles. The number of nitrogens with zero attached hydrogens (tertiary/aromatic N) is 3. The number of hydrogen-bond acceptors (Lipinski definition) is 4. The molecule has 2 aromatic carbocycles. The van der Waals surface area contributed by atoms with Crippen molar-refractivity contribution in [1.29, 1.82) is 0 Å². The second-order valence-corrected chi connectivity index (χ2v) is 3.69. The minimum atomic E-state index is -0.490. The average Bonchev–Trinajstić information content (AvgIpc) is 2.82. The van der Waals surface area contributed by atoms with Crippen LogP contribution in [0.1, 0.15) is 10.4 Å². The van der Waals surface area contributed by atoms with E-state index in [-0.39, 0.29) is 0 Å². The van der Waals surface area contributed by atoms with Crippen LogP contribution in [0.4, 0.5) is 0 Å². The lowest BCUT2D eigenvalue weighted by Crippen LogP contribution is -2.22. The molecule has 5 heteroatoms. The van der Waals surface area contributed by atoms with E-state index >= 15 is 0 Å². The van der Waals surface area contributed by atoms with Crippen molar-refractivity contribution < 1.29 is 9.63 Å². The molecular weight excluding hydrogens is 230 g/mol. The molecule has 0 fully saturated rings. The third-order valence-corrected chi connectivity index (χ3v) is 2.44. The molecule has 0 amide bonds. The fourth-order valence-corrected chi connectivity index (χ4v) is 1.58. The minimum Gasteiger partial charge on any atom is -0.296 e. The van der Waals surface area contributed by atoms with Crippen LogP contribution in [0.3, 0.4) is 0 Å². The van der Waals surface area contributed by atoms with E-state index in [1.54, 1.807) is 36.4 Å². The highest BCUT2D eigenvalue weighted by Crippen LogP contribution is 2.06. The molecule has 0 saturated carbocycles. The minimum absolute atomic E-state index is 0.457. The van der Waals surface area contributed by atoms with Crippen molar-refractivity contribution in [1.82, 2.24) is 15.2 Å². The maximum Gasteiger partial charge on any atom is 0.367 e. The number of rotatable bonds is 2. The highest BCUT2D eigenvalue weighted by atomic mass is 16.7. The van der Waals surface area contributed by atoms with Crippen molar-refractivity contribution in [3.63, 3.8) is 0 Å². The molecule has 0 unspecified atom stereocenters. The number of aromatic nitrogens is 3. The van der Waals surface area contributed by atoms with Crippen molar-refractivity contribution in [3.05, 3.63) is 60.2 Å². The zero-order valence-corrected chi connectivity index (χ0v) is 9.35. The van der Waals surface area contributed by atoms with Gasteiger partial charge in [-0.1, -0.05) is 30.3 Å². The lowest BCUT2D eigenvalue weighted by atomic mass is 10.2. The predicted molar refractivity (Wildman–Crippen MR) is 64.9 cm³/mol. The molecule has 0 spiro atoms. The van der Waals surface area contributed by atoms with E-state index in [4.69, 9.17) is 4.84 Å². The first-order valence-corrected chi connectivity index (χ1v) is 5.43. The molecule has 0 atom stereocenters. The van der Waals surface area contributed by atoms with Crippen LogP contribution in [0.5, 0.6) is 0 Å². The maximum atomic E-state index is 11.8. The summed E-state index contributed by atoms with van der Waals surface area (Å²) in [7, 11) is 0. The molecule has 3 aromatic rings. The Labute approximate surface area is 103 Å². The summed E-state index contributed by atoms with van der Waals surface area (Å²) in [4.78, 5) is 17.8. The average molecular weight is 239 g/mol. The standard InChI is InChI=1S/C13H9N3O2/c17-13(10-6-2-1-3-7-10)18-16-14-11-8-4-5-9-12(11)15-16/h1-9H. The van der Waals surface area contributed by atoms with Crippen molar-refractivity contribution in [2.75, 3.05) is 0 Å². The summed E-state index contributed by atoms with van der Waals surface area (Å²) in [5.41, 5.74) is 1.82. The number of fused-ring (bicyclic) bond motifs is 1. The van der Waals surface area contributed by atoms with Gasteiger partial charge < -0.3 is 0 Å². The van der Waals surface area contributed by atoms with Gasteiger partial charge in [-0.05, 0) is 24.3 Å². The third kappa shape index (κ3) is 1.93. The van der Waals surface area contributed by atoms with Crippen LogP contribution in [0.25, 0.3) is 11.0 Å². The second kappa shape index (κ2) is 4.29. The number of hydrogen-bond donors (Lipinski definition) is 0. The van der Waals surface area contributed by atoms with Gasteiger partial charge in [0.15, 0.2) is 0 Å². The van der Waals surface area contributed by atoms with E-state index in [1.165, 1.54) is 0 Å². The normalized spacial score (nSPS) is 10.4. The number of benzene rings is 2. The fourth-order valence-electron chi connectivity index (χ4n) is 1.58. The van der Waals surface area contributed by atoms with Gasteiger partial charge in [0.05, 0.1) is 5.56 Å². The SMILES string of the molecule is O=C(On1nc2ccccc2n1)c1ccccc1. The smallest absolute Gasteiger partial charge is 0.296 e. The summed E-state index contributed by atoms with van der Waals surface area (Å²) in [6.45, 7) is 0. The summed E-state index contributed by atoms with van der Waals surface area (Å²) in [6, 6.07) is 16.0. The molecule has 5 nitrogen and oxygen atoms in total. The van der Waals surface area contributed by atoms with Gasteiger partial charge in [-0.15, -0.1) is 10.2 Å². The lowest BCUT2D eigenvalue weighted by Gasteiger charge is -1.99. The Morgan fingerprint density at radius 1 is 0.889 bits per heavy atom. The quantitative estimate of drug-likeness (QED) is 0.683. The second-order valence-electron chi connectivity index (χ2n) is 3.69. The Balaban J connectivity index is 1.86. The van der Waals surface area contributed by atoms with Gasteiger partial charge >= 0.3 is 5.97 Å². The van der Waals surface area contributed by atoms with Gasteiger partial charge in [-0.2, -0.15) is 0 Å². The van der Waals surface area contributed by atoms with Crippen LogP contribution in [0, 0.1) is 0 Å².